The highest BCUT2D eigenvalue weighted by Crippen LogP contribution is 2.26. The van der Waals surface area contributed by atoms with Crippen LogP contribution < -0.4 is 0 Å². The molecule has 0 bridgehead atoms. The molecule has 0 saturated carbocycles. The summed E-state index contributed by atoms with van der Waals surface area (Å²) in [4.78, 5) is 23.0. The number of Topliss-reactive ketones (excluding diaryl/α,β-unsaturated/α-hetero) is 1. The highest BCUT2D eigenvalue weighted by Gasteiger charge is 2.18. The number of thioether (sulfide) groups is 1. The van der Waals surface area contributed by atoms with Gasteiger partial charge in [-0.3, -0.25) is 4.79 Å². The summed E-state index contributed by atoms with van der Waals surface area (Å²) >= 11 is 1.36. The number of aliphatic carboxylic acids is 1. The third kappa shape index (κ3) is 3.08. The first-order valence-electron chi connectivity index (χ1n) is 5.13. The lowest BCUT2D eigenvalue weighted by Gasteiger charge is -2.10. The maximum absolute atomic E-state index is 11.6. The standard InChI is InChI=1S/C12H14O4S/c1-3-9(13)8-5-4-7(6-10(8)17-2)11(14)12(15)16/h4-6,11,14H,3H2,1-2H3,(H,15,16). The van der Waals surface area contributed by atoms with Gasteiger partial charge in [-0.05, 0) is 24.0 Å². The van der Waals surface area contributed by atoms with E-state index in [2.05, 4.69) is 0 Å². The number of carboxylic acid groups (broad SMARTS) is 1. The van der Waals surface area contributed by atoms with E-state index in [9.17, 15) is 14.7 Å². The summed E-state index contributed by atoms with van der Waals surface area (Å²) in [6.07, 6.45) is 0.652. The lowest BCUT2D eigenvalue weighted by molar-refractivity contribution is -0.146. The Balaban J connectivity index is 3.17. The predicted molar refractivity (Wildman–Crippen MR) is 65.4 cm³/mol. The second-order valence-electron chi connectivity index (χ2n) is 3.48. The summed E-state index contributed by atoms with van der Waals surface area (Å²) < 4.78 is 0. The van der Waals surface area contributed by atoms with Crippen molar-refractivity contribution in [2.75, 3.05) is 6.26 Å². The third-order valence-electron chi connectivity index (χ3n) is 2.40. The van der Waals surface area contributed by atoms with Crippen LogP contribution in [0.1, 0.15) is 35.4 Å². The van der Waals surface area contributed by atoms with Crippen molar-refractivity contribution in [1.29, 1.82) is 0 Å². The normalized spacial score (nSPS) is 12.2. The van der Waals surface area contributed by atoms with Gasteiger partial charge in [-0.15, -0.1) is 11.8 Å². The molecule has 0 radical (unpaired) electrons. The molecule has 0 aliphatic carbocycles. The van der Waals surface area contributed by atoms with E-state index in [4.69, 9.17) is 5.11 Å². The van der Waals surface area contributed by atoms with Gasteiger partial charge in [0.05, 0.1) is 0 Å². The average molecular weight is 254 g/mol. The smallest absolute Gasteiger partial charge is 0.337 e. The molecule has 1 aromatic carbocycles. The molecule has 0 aliphatic heterocycles. The Bertz CT molecular complexity index is 442. The molecule has 1 rings (SSSR count). The number of hydrogen-bond donors (Lipinski definition) is 2. The van der Waals surface area contributed by atoms with Gasteiger partial charge in [0.2, 0.25) is 0 Å². The molecule has 0 spiro atoms. The Morgan fingerprint density at radius 3 is 2.53 bits per heavy atom. The molecule has 92 valence electrons. The second kappa shape index (κ2) is 5.84. The summed E-state index contributed by atoms with van der Waals surface area (Å²) in [6, 6.07) is 4.59. The highest BCUT2D eigenvalue weighted by molar-refractivity contribution is 7.98. The van der Waals surface area contributed by atoms with Crippen molar-refractivity contribution >= 4 is 23.5 Å². The largest absolute Gasteiger partial charge is 0.479 e. The first kappa shape index (κ1) is 13.7. The molecule has 5 heteroatoms. The fraction of sp³-hybridized carbons (Fsp3) is 0.333. The van der Waals surface area contributed by atoms with Crippen LogP contribution in [0.2, 0.25) is 0 Å². The quantitative estimate of drug-likeness (QED) is 0.622. The number of carbonyl (C=O) groups excluding carboxylic acids is 1. The lowest BCUT2D eigenvalue weighted by atomic mass is 10.0. The highest BCUT2D eigenvalue weighted by atomic mass is 32.2. The van der Waals surface area contributed by atoms with Crippen LogP contribution in [0.3, 0.4) is 0 Å². The predicted octanol–water partition coefficient (Wildman–Crippen LogP) is 2.12. The van der Waals surface area contributed by atoms with Crippen LogP contribution in [0, 0.1) is 0 Å². The van der Waals surface area contributed by atoms with E-state index >= 15 is 0 Å². The van der Waals surface area contributed by atoms with E-state index < -0.39 is 12.1 Å². The van der Waals surface area contributed by atoms with Crippen molar-refractivity contribution in [3.8, 4) is 0 Å². The summed E-state index contributed by atoms with van der Waals surface area (Å²) in [5.41, 5.74) is 0.857. The molecule has 17 heavy (non-hydrogen) atoms. The van der Waals surface area contributed by atoms with Gasteiger partial charge >= 0.3 is 5.97 Å². The molecular formula is C12H14O4S. The molecule has 0 fully saturated rings. The van der Waals surface area contributed by atoms with Crippen LogP contribution in [0.25, 0.3) is 0 Å². The van der Waals surface area contributed by atoms with Gasteiger partial charge in [0.1, 0.15) is 0 Å². The molecule has 0 saturated heterocycles. The van der Waals surface area contributed by atoms with Crippen LogP contribution in [0.4, 0.5) is 0 Å². The van der Waals surface area contributed by atoms with E-state index in [-0.39, 0.29) is 11.3 Å². The van der Waals surface area contributed by atoms with Gasteiger partial charge in [0, 0.05) is 16.9 Å². The molecule has 1 atom stereocenters. The van der Waals surface area contributed by atoms with Gasteiger partial charge in [0.15, 0.2) is 11.9 Å². The van der Waals surface area contributed by atoms with Crippen LogP contribution in [0.5, 0.6) is 0 Å². The van der Waals surface area contributed by atoms with E-state index in [1.165, 1.54) is 17.8 Å². The SMILES string of the molecule is CCC(=O)c1ccc(C(O)C(=O)O)cc1SC. The third-order valence-corrected chi connectivity index (χ3v) is 3.17. The van der Waals surface area contributed by atoms with Crippen LogP contribution in [-0.4, -0.2) is 28.2 Å². The molecule has 1 aromatic rings. The number of hydrogen-bond acceptors (Lipinski definition) is 4. The fourth-order valence-electron chi connectivity index (χ4n) is 1.44. The summed E-state index contributed by atoms with van der Waals surface area (Å²) in [7, 11) is 0. The van der Waals surface area contributed by atoms with E-state index in [0.29, 0.717) is 16.9 Å². The van der Waals surface area contributed by atoms with Crippen LogP contribution in [0.15, 0.2) is 23.1 Å². The van der Waals surface area contributed by atoms with Crippen molar-refractivity contribution in [3.05, 3.63) is 29.3 Å². The Hall–Kier alpha value is -1.33. The maximum atomic E-state index is 11.6. The topological polar surface area (TPSA) is 74.6 Å². The molecule has 2 N–H and O–H groups in total. The molecular weight excluding hydrogens is 240 g/mol. The maximum Gasteiger partial charge on any atom is 0.337 e. The van der Waals surface area contributed by atoms with Crippen LogP contribution in [-0.2, 0) is 4.79 Å². The second-order valence-corrected chi connectivity index (χ2v) is 4.33. The molecule has 1 unspecified atom stereocenters. The van der Waals surface area contributed by atoms with Gasteiger partial charge in [-0.25, -0.2) is 4.79 Å². The minimum Gasteiger partial charge on any atom is -0.479 e. The minimum absolute atomic E-state index is 0.00529. The lowest BCUT2D eigenvalue weighted by Crippen LogP contribution is -2.11. The van der Waals surface area contributed by atoms with Crippen molar-refractivity contribution in [3.63, 3.8) is 0 Å². The van der Waals surface area contributed by atoms with E-state index in [1.807, 2.05) is 0 Å². The van der Waals surface area contributed by atoms with Gasteiger partial charge in [-0.2, -0.15) is 0 Å². The monoisotopic (exact) mass is 254 g/mol. The number of benzene rings is 1. The van der Waals surface area contributed by atoms with Gasteiger partial charge in [-0.1, -0.05) is 13.0 Å². The van der Waals surface area contributed by atoms with E-state index in [1.54, 1.807) is 25.3 Å². The zero-order valence-electron chi connectivity index (χ0n) is 9.64. The number of carbonyl (C=O) groups is 2. The summed E-state index contributed by atoms with van der Waals surface area (Å²) in [5.74, 6) is -1.29. The van der Waals surface area contributed by atoms with Crippen molar-refractivity contribution in [2.45, 2.75) is 24.3 Å². The fourth-order valence-corrected chi connectivity index (χ4v) is 2.10. The first-order chi connectivity index (χ1) is 8.01. The zero-order chi connectivity index (χ0) is 13.0. The number of aliphatic hydroxyl groups is 1. The van der Waals surface area contributed by atoms with Crippen molar-refractivity contribution < 1.29 is 19.8 Å². The zero-order valence-corrected chi connectivity index (χ0v) is 10.5. The van der Waals surface area contributed by atoms with Crippen molar-refractivity contribution in [2.24, 2.45) is 0 Å². The molecule has 0 aromatic heterocycles. The Kier molecular flexibility index (Phi) is 4.72. The number of carboxylic acids is 1. The van der Waals surface area contributed by atoms with Crippen molar-refractivity contribution in [1.82, 2.24) is 0 Å². The number of rotatable bonds is 5. The van der Waals surface area contributed by atoms with E-state index in [0.717, 1.165) is 0 Å². The number of ketones is 1. The first-order valence-corrected chi connectivity index (χ1v) is 6.35. The number of aliphatic hydroxyl groups excluding tert-OH is 1. The molecule has 0 heterocycles. The molecule has 0 amide bonds. The summed E-state index contributed by atoms with van der Waals surface area (Å²) in [5, 5.41) is 18.1. The molecule has 4 nitrogen and oxygen atoms in total. The van der Waals surface area contributed by atoms with Crippen LogP contribution >= 0.6 is 11.8 Å². The minimum atomic E-state index is -1.55. The Labute approximate surface area is 104 Å². The summed E-state index contributed by atoms with van der Waals surface area (Å²) in [6.45, 7) is 1.77. The average Bonchev–Trinajstić information content (AvgIpc) is 2.35. The Morgan fingerprint density at radius 2 is 2.06 bits per heavy atom. The van der Waals surface area contributed by atoms with Gasteiger partial charge in [0.25, 0.3) is 0 Å². The Morgan fingerprint density at radius 1 is 1.41 bits per heavy atom. The van der Waals surface area contributed by atoms with Gasteiger partial charge < -0.3 is 10.2 Å². The molecule has 0 aliphatic rings.